The van der Waals surface area contributed by atoms with Gasteiger partial charge < -0.3 is 36.4 Å². The first-order chi connectivity index (χ1) is 57.2. The van der Waals surface area contributed by atoms with Crippen LogP contribution in [0.15, 0.2) is 221 Å². The molecule has 9 aliphatic rings. The minimum absolute atomic E-state index is 0.128. The molecule has 6 aromatic carbocycles. The summed E-state index contributed by atoms with van der Waals surface area (Å²) in [4.78, 5) is 77.6. The van der Waals surface area contributed by atoms with E-state index in [1.165, 1.54) is 28.0 Å². The van der Waals surface area contributed by atoms with Crippen LogP contribution in [0.25, 0.3) is 33.8 Å². The number of aliphatic imine (C=N–C) groups is 3. The van der Waals surface area contributed by atoms with Crippen molar-refractivity contribution in [2.45, 2.75) is 113 Å². The fraction of sp³-hybridized carbons (Fsp3) is 0.241. The van der Waals surface area contributed by atoms with Crippen molar-refractivity contribution in [1.82, 2.24) is 59.0 Å². The highest BCUT2D eigenvalue weighted by Crippen LogP contribution is 2.50. The molecule has 6 atom stereocenters. The predicted octanol–water partition coefficient (Wildman–Crippen LogP) is 13.2. The first kappa shape index (κ1) is 74.1. The molecule has 3 saturated carbocycles. The van der Waals surface area contributed by atoms with Crippen LogP contribution >= 0.6 is 0 Å². The summed E-state index contributed by atoms with van der Waals surface area (Å²) in [6.07, 6.45) is 7.36. The van der Waals surface area contributed by atoms with Crippen LogP contribution in [0.1, 0.15) is 106 Å². The van der Waals surface area contributed by atoms with E-state index in [9.17, 15) is 48.0 Å². The summed E-state index contributed by atoms with van der Waals surface area (Å²) >= 11 is 0. The largest absolute Gasteiger partial charge is 0.508 e. The minimum atomic E-state index is -1.25. The third-order valence-electron chi connectivity index (χ3n) is 23.2. The average molecular weight is 1590 g/mol. The van der Waals surface area contributed by atoms with Crippen LogP contribution < -0.4 is 30.7 Å². The molecule has 0 saturated heterocycles. The molecule has 28 nitrogen and oxygen atoms in total. The van der Waals surface area contributed by atoms with Crippen molar-refractivity contribution in [2.24, 2.45) is 15.0 Å². The molecule has 3 amide bonds. The van der Waals surface area contributed by atoms with E-state index in [-0.39, 0.29) is 53.4 Å². The first-order valence-electron chi connectivity index (χ1n) is 39.0. The van der Waals surface area contributed by atoms with Crippen LogP contribution in [0.5, 0.6) is 11.5 Å². The number of phenolic OH excluding ortho intramolecular Hbond substituents is 2. The first-order valence-corrected chi connectivity index (χ1v) is 39.0. The number of anilines is 9. The molecule has 7 N–H and O–H groups in total. The minimum Gasteiger partial charge on any atom is -0.508 e. The summed E-state index contributed by atoms with van der Waals surface area (Å²) in [7, 11) is 5.10. The number of carbonyl (C=O) groups is 3. The van der Waals surface area contributed by atoms with Crippen molar-refractivity contribution in [3.8, 4) is 45.3 Å². The van der Waals surface area contributed by atoms with Gasteiger partial charge in [-0.15, -0.1) is 0 Å². The van der Waals surface area contributed by atoms with E-state index in [0.717, 1.165) is 89.7 Å². The fourth-order valence-electron chi connectivity index (χ4n) is 17.3. The van der Waals surface area contributed by atoms with Gasteiger partial charge in [0.1, 0.15) is 45.6 Å². The zero-order valence-corrected chi connectivity index (χ0v) is 64.1. The number of hydrogen-bond donors (Lipinski definition) is 7. The zero-order chi connectivity index (χ0) is 81.0. The highest BCUT2D eigenvalue weighted by atomic mass is 19.1. The second-order valence-corrected chi connectivity index (χ2v) is 30.7. The number of guanidine groups is 3. The Morgan fingerprint density at radius 1 is 0.398 bits per heavy atom. The summed E-state index contributed by atoms with van der Waals surface area (Å²) in [5.41, 5.74) is 7.91. The number of para-hydroxylation sites is 1. The number of aliphatic hydroxyl groups is 2. The maximum atomic E-state index is 13.7. The van der Waals surface area contributed by atoms with Crippen molar-refractivity contribution in [3.05, 3.63) is 257 Å². The highest BCUT2D eigenvalue weighted by Gasteiger charge is 2.59. The Hall–Kier alpha value is -14.1. The Balaban J connectivity index is 0.000000118. The lowest BCUT2D eigenvalue weighted by atomic mass is 10.1. The average Bonchev–Trinajstić information content (AvgIpc) is 1.55. The van der Waals surface area contributed by atoms with Gasteiger partial charge in [-0.3, -0.25) is 43.8 Å². The molecule has 31 heteroatoms. The number of carbonyl (C=O) groups excluding carboxylic acids is 3. The van der Waals surface area contributed by atoms with Gasteiger partial charge in [0.25, 0.3) is 17.7 Å². The molecule has 6 aliphatic heterocycles. The Bertz CT molecular complexity index is 6060. The number of fused-ring (bicyclic) bond motifs is 15. The van der Waals surface area contributed by atoms with Crippen LogP contribution in [-0.2, 0) is 19.6 Å². The number of amides is 3. The van der Waals surface area contributed by atoms with Crippen LogP contribution in [0, 0.1) is 17.8 Å². The van der Waals surface area contributed by atoms with Crippen LogP contribution in [0.2, 0.25) is 0 Å². The number of nitrogens with one attached hydrogen (secondary N) is 3. The second-order valence-electron chi connectivity index (χ2n) is 30.7. The molecule has 0 spiro atoms. The van der Waals surface area contributed by atoms with Gasteiger partial charge in [0, 0.05) is 54.9 Å². The maximum absolute atomic E-state index is 13.7. The molecule has 12 heterocycles. The summed E-state index contributed by atoms with van der Waals surface area (Å²) in [5.74, 6) is 2.70. The molecule has 0 radical (unpaired) electrons. The number of aromatic nitrogens is 9. The van der Waals surface area contributed by atoms with E-state index in [0.29, 0.717) is 125 Å². The molecule has 3 fully saturated rings. The van der Waals surface area contributed by atoms with E-state index in [1.54, 1.807) is 120 Å². The third-order valence-corrected chi connectivity index (χ3v) is 23.2. The molecule has 12 aromatic rings. The number of rotatable bonds is 15. The topological polar surface area (TPSA) is 317 Å². The number of phenols is 2. The molecule has 118 heavy (non-hydrogen) atoms. The van der Waals surface area contributed by atoms with Gasteiger partial charge in [-0.05, 0) is 172 Å². The number of aromatic hydroxyl groups is 2. The van der Waals surface area contributed by atoms with Gasteiger partial charge in [0.05, 0.1) is 60.9 Å². The molecule has 21 rings (SSSR count). The quantitative estimate of drug-likeness (QED) is 0.0370. The van der Waals surface area contributed by atoms with Gasteiger partial charge in [-0.2, -0.15) is 28.5 Å². The van der Waals surface area contributed by atoms with Crippen molar-refractivity contribution in [1.29, 1.82) is 0 Å². The predicted molar refractivity (Wildman–Crippen MR) is 438 cm³/mol. The van der Waals surface area contributed by atoms with E-state index in [4.69, 9.17) is 20.3 Å². The van der Waals surface area contributed by atoms with Crippen LogP contribution in [0.3, 0.4) is 0 Å². The SMILES string of the molecule is CN1C(=O)c2c(nn(Cc3ccc(-c4cccc(F)n4)cc3)c2Nc2ccc(O)cc2)N2C1=N[C@@H]1CCC[C@@H]12.CN1C(=O)c2c(nn(Cc3ccc(-c4cccc(F)n4)cc3)c2Nc2ccc(O)cc2)N2C1=N[C@]1(O)CCC[C@H]21.CN1C(=O)c2c(nn(Cc3ccc(-c4cccc(F)n4)cc3)c2Nc2ccccc2)N2C1=N[C@]1(O)CCC[C@H]21. The molecule has 3 aliphatic carbocycles. The standard InChI is InChI=1S/C29H26FN7O3.2C29H26FN7O2/c1-35-27(39)24-25(31-19-11-13-20(38)14-12-19)36(34-26(24)37-22-5-3-15-29(22,40)33-28(35)37)16-17-7-9-18(10-8-17)21-4-2-6-23(30)32-21;1-35-28(39)25-26(31-19-12-14-20(38)15-13-19)36(34-27(25)37-23-6-2-5-22(23)33-29(35)37)16-17-8-10-18(11-9-17)21-4-3-7-24(30)32-21;1-35-27(38)24-25(31-20-7-3-2-4-8-20)36(34-26(24)37-22-10-6-16-29(22,39)33-28(35)37)17-18-12-14-19(15-13-18)21-9-5-11-23(30)32-21/h2,4,6-14,22,31,38,40H,3,5,15-16H2,1H3;3-4,7-15,22-23,31,38H,2,5-6,16H2,1H3;2-5,7-9,11-15,22,31,39H,6,10,16-17H2,1H3/t22-,29-;22-,23+;22-,29-/m010/s1. The lowest BCUT2D eigenvalue weighted by molar-refractivity contribution is 0.0507. The maximum Gasteiger partial charge on any atom is 0.267 e. The van der Waals surface area contributed by atoms with Gasteiger partial charge in [0.2, 0.25) is 35.7 Å². The normalized spacial score (nSPS) is 20.7. The third kappa shape index (κ3) is 13.3. The molecule has 0 bridgehead atoms. The van der Waals surface area contributed by atoms with E-state index < -0.39 is 29.3 Å². The Morgan fingerprint density at radius 3 is 1.13 bits per heavy atom. The second kappa shape index (κ2) is 29.3. The van der Waals surface area contributed by atoms with E-state index in [1.807, 2.05) is 118 Å². The van der Waals surface area contributed by atoms with Crippen LogP contribution in [-0.4, -0.2) is 172 Å². The Morgan fingerprint density at radius 2 is 0.754 bits per heavy atom. The van der Waals surface area contributed by atoms with Crippen molar-refractivity contribution < 1.29 is 48.0 Å². The summed E-state index contributed by atoms with van der Waals surface area (Å²) in [5, 5.41) is 66.9. The summed E-state index contributed by atoms with van der Waals surface area (Å²) in [6, 6.07) is 59.8. The molecule has 0 unspecified atom stereocenters. The van der Waals surface area contributed by atoms with Gasteiger partial charge in [0.15, 0.2) is 28.9 Å². The number of benzene rings is 6. The Kier molecular flexibility index (Phi) is 18.4. The Labute approximate surface area is 673 Å². The van der Waals surface area contributed by atoms with Gasteiger partial charge in [-0.1, -0.05) is 109 Å². The number of pyridine rings is 3. The van der Waals surface area contributed by atoms with E-state index >= 15 is 0 Å². The molecule has 6 aromatic heterocycles. The zero-order valence-electron chi connectivity index (χ0n) is 64.1. The van der Waals surface area contributed by atoms with Crippen molar-refractivity contribution >= 4 is 87.6 Å². The summed E-state index contributed by atoms with van der Waals surface area (Å²) in [6.45, 7) is 1.11. The smallest absolute Gasteiger partial charge is 0.267 e. The van der Waals surface area contributed by atoms with Crippen molar-refractivity contribution in [2.75, 3.05) is 51.8 Å². The molecular weight excluding hydrogens is 1510 g/mol. The number of hydrogen-bond acceptors (Lipinski definition) is 22. The van der Waals surface area contributed by atoms with Gasteiger partial charge >= 0.3 is 0 Å². The molecule has 594 valence electrons. The lowest BCUT2D eigenvalue weighted by Crippen LogP contribution is -2.52. The van der Waals surface area contributed by atoms with Crippen molar-refractivity contribution in [3.63, 3.8) is 0 Å². The number of nitrogens with zero attached hydrogens (tertiary/aromatic N) is 18. The highest BCUT2D eigenvalue weighted by molar-refractivity contribution is 6.23. The number of halogens is 3. The van der Waals surface area contributed by atoms with Gasteiger partial charge in [-0.25, -0.2) is 44.0 Å². The lowest BCUT2D eigenvalue weighted by Gasteiger charge is -2.34. The monoisotopic (exact) mass is 1590 g/mol. The van der Waals surface area contributed by atoms with E-state index in [2.05, 4.69) is 45.8 Å². The summed E-state index contributed by atoms with van der Waals surface area (Å²) < 4.78 is 46.2. The fourth-order valence-corrected chi connectivity index (χ4v) is 17.3. The van der Waals surface area contributed by atoms with Crippen LogP contribution in [0.4, 0.5) is 65.1 Å². The molecular formula is C87H78F3N21O7.